The van der Waals surface area contributed by atoms with E-state index < -0.39 is 5.82 Å². The monoisotopic (exact) mass is 312 g/mol. The van der Waals surface area contributed by atoms with Gasteiger partial charge in [-0.1, -0.05) is 6.07 Å². The highest BCUT2D eigenvalue weighted by Crippen LogP contribution is 2.31. The zero-order chi connectivity index (χ0) is 13.9. The Morgan fingerprint density at radius 2 is 2.00 bits per heavy atom. The van der Waals surface area contributed by atoms with Crippen LogP contribution in [0.3, 0.4) is 0 Å². The molecular formula is C15H18ClFN2O2. The largest absolute Gasteiger partial charge is 0.505 e. The zero-order valence-electron chi connectivity index (χ0n) is 11.5. The second-order valence-corrected chi connectivity index (χ2v) is 4.91. The molecule has 1 saturated heterocycles. The molecule has 1 fully saturated rings. The van der Waals surface area contributed by atoms with Crippen molar-refractivity contribution in [3.63, 3.8) is 0 Å². The Bertz CT molecular complexity index is 571. The number of phenolic OH excluding ortho intramolecular Hbond substituents is 1. The Morgan fingerprint density at radius 3 is 2.62 bits per heavy atom. The molecule has 21 heavy (non-hydrogen) atoms. The Hall–Kier alpha value is -1.56. The van der Waals surface area contributed by atoms with E-state index in [0.29, 0.717) is 0 Å². The van der Waals surface area contributed by atoms with Gasteiger partial charge in [-0.2, -0.15) is 0 Å². The maximum atomic E-state index is 13.6. The lowest BCUT2D eigenvalue weighted by molar-refractivity contribution is 0.179. The topological polar surface area (TPSA) is 48.6 Å². The maximum absolute atomic E-state index is 13.6. The summed E-state index contributed by atoms with van der Waals surface area (Å²) in [5.41, 5.74) is 0.789. The molecule has 6 heteroatoms. The third-order valence-electron chi connectivity index (χ3n) is 3.62. The first-order valence-corrected chi connectivity index (χ1v) is 6.72. The van der Waals surface area contributed by atoms with Crippen LogP contribution in [-0.2, 0) is 0 Å². The van der Waals surface area contributed by atoms with E-state index in [0.717, 1.165) is 37.5 Å². The maximum Gasteiger partial charge on any atom is 0.165 e. The van der Waals surface area contributed by atoms with Gasteiger partial charge in [0.1, 0.15) is 5.76 Å². The highest BCUT2D eigenvalue weighted by atomic mass is 35.5. The summed E-state index contributed by atoms with van der Waals surface area (Å²) in [4.78, 5) is 2.25. The molecule has 1 aliphatic heterocycles. The minimum atomic E-state index is -0.603. The first-order chi connectivity index (χ1) is 9.75. The van der Waals surface area contributed by atoms with Gasteiger partial charge in [0.05, 0.1) is 12.3 Å². The van der Waals surface area contributed by atoms with Crippen molar-refractivity contribution >= 4 is 12.4 Å². The predicted octanol–water partition coefficient (Wildman–Crippen LogP) is 2.54. The summed E-state index contributed by atoms with van der Waals surface area (Å²) >= 11 is 0. The van der Waals surface area contributed by atoms with Crippen LogP contribution in [0.1, 0.15) is 17.4 Å². The Balaban J connectivity index is 0.00000161. The number of phenols is 1. The molecule has 114 valence electrons. The van der Waals surface area contributed by atoms with E-state index in [9.17, 15) is 9.50 Å². The molecule has 1 aromatic carbocycles. The number of aromatic hydroxyl groups is 1. The van der Waals surface area contributed by atoms with E-state index in [4.69, 9.17) is 4.42 Å². The molecule has 0 aliphatic carbocycles. The lowest BCUT2D eigenvalue weighted by atomic mass is 10.0. The van der Waals surface area contributed by atoms with Crippen LogP contribution in [0.2, 0.25) is 0 Å². The van der Waals surface area contributed by atoms with E-state index in [1.165, 1.54) is 12.1 Å². The number of rotatable bonds is 3. The van der Waals surface area contributed by atoms with Gasteiger partial charge in [-0.05, 0) is 29.8 Å². The average molecular weight is 313 g/mol. The van der Waals surface area contributed by atoms with E-state index >= 15 is 0 Å². The third-order valence-corrected chi connectivity index (χ3v) is 3.62. The second-order valence-electron chi connectivity index (χ2n) is 4.91. The van der Waals surface area contributed by atoms with Gasteiger partial charge >= 0.3 is 0 Å². The molecule has 1 aliphatic rings. The van der Waals surface area contributed by atoms with Gasteiger partial charge in [0.25, 0.3) is 0 Å². The fraction of sp³-hybridized carbons (Fsp3) is 0.333. The molecule has 2 heterocycles. The van der Waals surface area contributed by atoms with Crippen molar-refractivity contribution in [1.29, 1.82) is 0 Å². The molecule has 2 N–H and O–H groups in total. The molecule has 0 radical (unpaired) electrons. The Morgan fingerprint density at radius 1 is 1.24 bits per heavy atom. The number of nitrogens with one attached hydrogen (secondary N) is 1. The van der Waals surface area contributed by atoms with Crippen molar-refractivity contribution in [2.75, 3.05) is 26.2 Å². The van der Waals surface area contributed by atoms with Crippen LogP contribution in [0, 0.1) is 5.82 Å². The van der Waals surface area contributed by atoms with E-state index in [1.807, 2.05) is 12.1 Å². The number of furan rings is 1. The van der Waals surface area contributed by atoms with Crippen LogP contribution in [0.5, 0.6) is 5.75 Å². The molecule has 2 aromatic rings. The summed E-state index contributed by atoms with van der Waals surface area (Å²) in [6.07, 6.45) is 1.63. The van der Waals surface area contributed by atoms with E-state index in [2.05, 4.69) is 10.2 Å². The highest BCUT2D eigenvalue weighted by Gasteiger charge is 2.26. The molecule has 1 aromatic heterocycles. The minimum Gasteiger partial charge on any atom is -0.505 e. The molecule has 0 spiro atoms. The van der Waals surface area contributed by atoms with E-state index in [1.54, 1.807) is 12.3 Å². The number of nitrogens with zero attached hydrogens (tertiary/aromatic N) is 1. The molecule has 3 rings (SSSR count). The van der Waals surface area contributed by atoms with Crippen molar-refractivity contribution in [3.8, 4) is 5.75 Å². The van der Waals surface area contributed by atoms with Crippen molar-refractivity contribution in [2.24, 2.45) is 0 Å². The first kappa shape index (κ1) is 15.8. The van der Waals surface area contributed by atoms with E-state index in [-0.39, 0.29) is 24.2 Å². The van der Waals surface area contributed by atoms with Gasteiger partial charge in [0, 0.05) is 26.2 Å². The van der Waals surface area contributed by atoms with Crippen LogP contribution in [0.4, 0.5) is 4.39 Å². The summed E-state index contributed by atoms with van der Waals surface area (Å²) < 4.78 is 19.2. The quantitative estimate of drug-likeness (QED) is 0.914. The molecular weight excluding hydrogens is 295 g/mol. The lowest BCUT2D eigenvalue weighted by Crippen LogP contribution is -2.45. The minimum absolute atomic E-state index is 0. The number of piperazine rings is 1. The SMILES string of the molecule is Cl.Oc1ccc([C@@H](c2ccco2)N2CCNCC2)cc1F. The number of halogens is 2. The summed E-state index contributed by atoms with van der Waals surface area (Å²) in [6.45, 7) is 3.54. The predicted molar refractivity (Wildman–Crippen MR) is 80.3 cm³/mol. The summed E-state index contributed by atoms with van der Waals surface area (Å²) in [7, 11) is 0. The second kappa shape index (κ2) is 6.93. The fourth-order valence-corrected chi connectivity index (χ4v) is 2.64. The van der Waals surface area contributed by atoms with Gasteiger partial charge in [-0.25, -0.2) is 4.39 Å². The fourth-order valence-electron chi connectivity index (χ4n) is 2.64. The number of hydrogen-bond acceptors (Lipinski definition) is 4. The number of benzene rings is 1. The molecule has 0 saturated carbocycles. The van der Waals surface area contributed by atoms with Crippen LogP contribution < -0.4 is 5.32 Å². The Kier molecular flexibility index (Phi) is 5.22. The molecule has 0 bridgehead atoms. The van der Waals surface area contributed by atoms with Crippen molar-refractivity contribution in [2.45, 2.75) is 6.04 Å². The zero-order valence-corrected chi connectivity index (χ0v) is 12.3. The summed E-state index contributed by atoms with van der Waals surface area (Å²) in [6, 6.07) is 8.13. The van der Waals surface area contributed by atoms with Crippen molar-refractivity contribution in [3.05, 3.63) is 53.7 Å². The lowest BCUT2D eigenvalue weighted by Gasteiger charge is -2.34. The molecule has 0 amide bonds. The van der Waals surface area contributed by atoms with Gasteiger partial charge in [0.15, 0.2) is 11.6 Å². The van der Waals surface area contributed by atoms with Crippen LogP contribution in [0.25, 0.3) is 0 Å². The summed E-state index contributed by atoms with van der Waals surface area (Å²) in [5, 5.41) is 12.6. The smallest absolute Gasteiger partial charge is 0.165 e. The average Bonchev–Trinajstić information content (AvgIpc) is 2.98. The van der Waals surface area contributed by atoms with Crippen molar-refractivity contribution in [1.82, 2.24) is 10.2 Å². The third kappa shape index (κ3) is 3.37. The van der Waals surface area contributed by atoms with Gasteiger partial charge in [-0.3, -0.25) is 4.90 Å². The molecule has 1 atom stereocenters. The van der Waals surface area contributed by atoms with Gasteiger partial charge in [-0.15, -0.1) is 12.4 Å². The first-order valence-electron chi connectivity index (χ1n) is 6.72. The summed E-state index contributed by atoms with van der Waals surface area (Å²) in [5.74, 6) is -0.140. The van der Waals surface area contributed by atoms with Gasteiger partial charge in [0.2, 0.25) is 0 Å². The van der Waals surface area contributed by atoms with Crippen LogP contribution >= 0.6 is 12.4 Å². The molecule has 0 unspecified atom stereocenters. The normalized spacial score (nSPS) is 17.2. The Labute approximate surface area is 129 Å². The van der Waals surface area contributed by atoms with Crippen LogP contribution in [0.15, 0.2) is 41.0 Å². The standard InChI is InChI=1S/C15H17FN2O2.ClH/c16-12-10-11(3-4-13(12)19)15(14-2-1-9-20-14)18-7-5-17-6-8-18;/h1-4,9-10,15,17,19H,5-8H2;1H/t15-;/m0./s1. The van der Waals surface area contributed by atoms with Crippen molar-refractivity contribution < 1.29 is 13.9 Å². The van der Waals surface area contributed by atoms with Gasteiger partial charge < -0.3 is 14.8 Å². The highest BCUT2D eigenvalue weighted by molar-refractivity contribution is 5.85. The number of hydrogen-bond donors (Lipinski definition) is 2. The van der Waals surface area contributed by atoms with Crippen LogP contribution in [-0.4, -0.2) is 36.2 Å². The molecule has 4 nitrogen and oxygen atoms in total.